The number of hydrogen-bond donors (Lipinski definition) is 2. The van der Waals surface area contributed by atoms with Gasteiger partial charge in [0, 0.05) is 10.9 Å². The highest BCUT2D eigenvalue weighted by Gasteiger charge is 2.26. The topological polar surface area (TPSA) is 79.3 Å². The van der Waals surface area contributed by atoms with Crippen molar-refractivity contribution < 1.29 is 14.7 Å². The van der Waals surface area contributed by atoms with Gasteiger partial charge in [0.15, 0.2) is 0 Å². The van der Waals surface area contributed by atoms with Gasteiger partial charge in [-0.2, -0.15) is 11.3 Å². The first-order chi connectivity index (χ1) is 9.90. The van der Waals surface area contributed by atoms with Gasteiger partial charge in [-0.15, -0.1) is 11.3 Å². The lowest BCUT2D eigenvalue weighted by atomic mass is 10.0. The maximum Gasteiger partial charge on any atom is 0.326 e. The monoisotopic (exact) mass is 324 g/mol. The normalized spacial score (nSPS) is 12.4. The SMILES string of the molecule is Cc1nc(-c2ccsc2)sc1C(=O)NC(C(=O)O)C(C)C. The Kier molecular flexibility index (Phi) is 4.74. The Balaban J connectivity index is 2.22. The second-order valence-electron chi connectivity index (χ2n) is 4.98. The van der Waals surface area contributed by atoms with Crippen LogP contribution >= 0.6 is 22.7 Å². The summed E-state index contributed by atoms with van der Waals surface area (Å²) in [4.78, 5) is 28.3. The molecule has 7 heteroatoms. The zero-order valence-electron chi connectivity index (χ0n) is 11.9. The van der Waals surface area contributed by atoms with Crippen LogP contribution in [0.4, 0.5) is 0 Å². The molecule has 0 aliphatic rings. The fourth-order valence-electron chi connectivity index (χ4n) is 1.84. The molecule has 2 aromatic heterocycles. The maximum atomic E-state index is 12.3. The molecule has 2 N–H and O–H groups in total. The molecule has 0 saturated carbocycles. The van der Waals surface area contributed by atoms with Crippen molar-refractivity contribution in [1.29, 1.82) is 0 Å². The third-order valence-corrected chi connectivity index (χ3v) is 4.88. The number of carboxylic acids is 1. The van der Waals surface area contributed by atoms with E-state index in [0.29, 0.717) is 10.6 Å². The number of amides is 1. The van der Waals surface area contributed by atoms with Crippen molar-refractivity contribution in [1.82, 2.24) is 10.3 Å². The Labute approximate surface area is 130 Å². The molecule has 1 unspecified atom stereocenters. The second kappa shape index (κ2) is 6.36. The Morgan fingerprint density at radius 1 is 1.38 bits per heavy atom. The largest absolute Gasteiger partial charge is 0.480 e. The van der Waals surface area contributed by atoms with Crippen LogP contribution in [0.2, 0.25) is 0 Å². The molecule has 0 aliphatic carbocycles. The highest BCUT2D eigenvalue weighted by molar-refractivity contribution is 7.17. The smallest absolute Gasteiger partial charge is 0.326 e. The van der Waals surface area contributed by atoms with E-state index in [0.717, 1.165) is 10.6 Å². The van der Waals surface area contributed by atoms with Crippen LogP contribution in [-0.2, 0) is 4.79 Å². The van der Waals surface area contributed by atoms with E-state index in [1.165, 1.54) is 11.3 Å². The van der Waals surface area contributed by atoms with E-state index in [1.54, 1.807) is 32.1 Å². The molecule has 2 rings (SSSR count). The molecule has 2 aromatic rings. The molecule has 0 aliphatic heterocycles. The first kappa shape index (κ1) is 15.7. The van der Waals surface area contributed by atoms with Gasteiger partial charge < -0.3 is 10.4 Å². The summed E-state index contributed by atoms with van der Waals surface area (Å²) in [6, 6.07) is 1.04. The fourth-order valence-corrected chi connectivity index (χ4v) is 3.52. The molecule has 0 aromatic carbocycles. The number of carbonyl (C=O) groups excluding carboxylic acids is 1. The number of rotatable bonds is 5. The van der Waals surface area contributed by atoms with Gasteiger partial charge in [0.05, 0.1) is 5.69 Å². The van der Waals surface area contributed by atoms with E-state index in [4.69, 9.17) is 5.11 Å². The summed E-state index contributed by atoms with van der Waals surface area (Å²) >= 11 is 2.85. The average molecular weight is 324 g/mol. The zero-order valence-corrected chi connectivity index (χ0v) is 13.5. The van der Waals surface area contributed by atoms with Gasteiger partial charge in [-0.25, -0.2) is 9.78 Å². The lowest BCUT2D eigenvalue weighted by molar-refractivity contribution is -0.140. The van der Waals surface area contributed by atoms with E-state index in [1.807, 2.05) is 16.8 Å². The Morgan fingerprint density at radius 2 is 2.10 bits per heavy atom. The molecule has 112 valence electrons. The number of nitrogens with one attached hydrogen (secondary N) is 1. The van der Waals surface area contributed by atoms with Gasteiger partial charge in [0.1, 0.15) is 15.9 Å². The maximum absolute atomic E-state index is 12.3. The van der Waals surface area contributed by atoms with E-state index in [9.17, 15) is 9.59 Å². The molecule has 0 saturated heterocycles. The Morgan fingerprint density at radius 3 is 2.62 bits per heavy atom. The number of carboxylic acid groups (broad SMARTS) is 1. The number of hydrogen-bond acceptors (Lipinski definition) is 5. The van der Waals surface area contributed by atoms with Crippen LogP contribution in [0.3, 0.4) is 0 Å². The minimum absolute atomic E-state index is 0.184. The highest BCUT2D eigenvalue weighted by atomic mass is 32.1. The molecular weight excluding hydrogens is 308 g/mol. The predicted octanol–water partition coefficient (Wildman–Crippen LogP) is 3.02. The fraction of sp³-hybridized carbons (Fsp3) is 0.357. The van der Waals surface area contributed by atoms with Gasteiger partial charge in [-0.3, -0.25) is 4.79 Å². The number of thiophene rings is 1. The number of aromatic nitrogens is 1. The van der Waals surface area contributed by atoms with Crippen molar-refractivity contribution in [2.45, 2.75) is 26.8 Å². The molecule has 0 spiro atoms. The predicted molar refractivity (Wildman–Crippen MR) is 83.9 cm³/mol. The summed E-state index contributed by atoms with van der Waals surface area (Å²) in [5.74, 6) is -1.60. The van der Waals surface area contributed by atoms with Crippen LogP contribution in [0.1, 0.15) is 29.2 Å². The van der Waals surface area contributed by atoms with Crippen molar-refractivity contribution in [2.75, 3.05) is 0 Å². The number of thiazole rings is 1. The summed E-state index contributed by atoms with van der Waals surface area (Å²) in [7, 11) is 0. The molecular formula is C14H16N2O3S2. The molecule has 0 bridgehead atoms. The van der Waals surface area contributed by atoms with Crippen molar-refractivity contribution in [3.05, 3.63) is 27.4 Å². The summed E-state index contributed by atoms with van der Waals surface area (Å²) in [6.45, 7) is 5.27. The molecule has 21 heavy (non-hydrogen) atoms. The average Bonchev–Trinajstić information content (AvgIpc) is 3.03. The van der Waals surface area contributed by atoms with Crippen LogP contribution in [-0.4, -0.2) is 28.0 Å². The number of carbonyl (C=O) groups is 2. The summed E-state index contributed by atoms with van der Waals surface area (Å²) < 4.78 is 0. The molecule has 0 fully saturated rings. The van der Waals surface area contributed by atoms with Crippen molar-refractivity contribution >= 4 is 34.6 Å². The summed E-state index contributed by atoms with van der Waals surface area (Å²) in [6.07, 6.45) is 0. The van der Waals surface area contributed by atoms with Gasteiger partial charge >= 0.3 is 5.97 Å². The first-order valence-electron chi connectivity index (χ1n) is 6.43. The van der Waals surface area contributed by atoms with Crippen molar-refractivity contribution in [3.8, 4) is 10.6 Å². The third-order valence-electron chi connectivity index (χ3n) is 2.99. The van der Waals surface area contributed by atoms with E-state index >= 15 is 0 Å². The van der Waals surface area contributed by atoms with Crippen LogP contribution in [0.5, 0.6) is 0 Å². The highest BCUT2D eigenvalue weighted by Crippen LogP contribution is 2.29. The minimum atomic E-state index is -1.03. The second-order valence-corrected chi connectivity index (χ2v) is 6.76. The number of aliphatic carboxylic acids is 1. The zero-order chi connectivity index (χ0) is 15.6. The molecule has 5 nitrogen and oxygen atoms in total. The van der Waals surface area contributed by atoms with Crippen LogP contribution in [0, 0.1) is 12.8 Å². The van der Waals surface area contributed by atoms with Crippen LogP contribution in [0.15, 0.2) is 16.8 Å². The van der Waals surface area contributed by atoms with Crippen LogP contribution in [0.25, 0.3) is 10.6 Å². The lowest BCUT2D eigenvalue weighted by Gasteiger charge is -2.17. The van der Waals surface area contributed by atoms with Gasteiger partial charge in [0.25, 0.3) is 5.91 Å². The third kappa shape index (κ3) is 3.48. The van der Waals surface area contributed by atoms with Gasteiger partial charge in [-0.05, 0) is 24.3 Å². The lowest BCUT2D eigenvalue weighted by Crippen LogP contribution is -2.44. The van der Waals surface area contributed by atoms with E-state index in [2.05, 4.69) is 10.3 Å². The van der Waals surface area contributed by atoms with E-state index in [-0.39, 0.29) is 11.8 Å². The van der Waals surface area contributed by atoms with Gasteiger partial charge in [-0.1, -0.05) is 13.8 Å². The molecule has 1 atom stereocenters. The molecule has 0 radical (unpaired) electrons. The van der Waals surface area contributed by atoms with Crippen LogP contribution < -0.4 is 5.32 Å². The summed E-state index contributed by atoms with van der Waals surface area (Å²) in [5.41, 5.74) is 1.59. The molecule has 1 amide bonds. The summed E-state index contributed by atoms with van der Waals surface area (Å²) in [5, 5.41) is 16.4. The number of nitrogens with zero attached hydrogens (tertiary/aromatic N) is 1. The Hall–Kier alpha value is -1.73. The minimum Gasteiger partial charge on any atom is -0.480 e. The van der Waals surface area contributed by atoms with Crippen molar-refractivity contribution in [3.63, 3.8) is 0 Å². The van der Waals surface area contributed by atoms with Crippen molar-refractivity contribution in [2.24, 2.45) is 5.92 Å². The quantitative estimate of drug-likeness (QED) is 0.886. The number of aryl methyl sites for hydroxylation is 1. The van der Waals surface area contributed by atoms with E-state index < -0.39 is 12.0 Å². The van der Waals surface area contributed by atoms with Gasteiger partial charge in [0.2, 0.25) is 0 Å². The standard InChI is InChI=1S/C14H16N2O3S2/c1-7(2)10(14(18)19)16-12(17)11-8(3)15-13(21-11)9-4-5-20-6-9/h4-7,10H,1-3H3,(H,16,17)(H,18,19). The first-order valence-corrected chi connectivity index (χ1v) is 8.19. The molecule has 2 heterocycles. The Bertz CT molecular complexity index is 647.